The Labute approximate surface area is 136 Å². The molecule has 0 aromatic heterocycles. The molecular weight excluding hydrogens is 363 g/mol. The van der Waals surface area contributed by atoms with Gasteiger partial charge in [-0.05, 0) is 18.2 Å². The monoisotopic (exact) mass is 374 g/mol. The van der Waals surface area contributed by atoms with E-state index in [1.165, 1.54) is 0 Å². The molecule has 0 radical (unpaired) electrons. The van der Waals surface area contributed by atoms with Crippen LogP contribution < -0.4 is 9.47 Å². The van der Waals surface area contributed by atoms with Crippen LogP contribution in [0.4, 0.5) is 0 Å². The Kier molecular flexibility index (Phi) is 5.58. The first-order chi connectivity index (χ1) is 9.63. The van der Waals surface area contributed by atoms with Crippen LogP contribution in [0.3, 0.4) is 0 Å². The minimum atomic E-state index is 0.378. The van der Waals surface area contributed by atoms with Crippen LogP contribution >= 0.6 is 39.1 Å². The van der Waals surface area contributed by atoms with Gasteiger partial charge in [0, 0.05) is 32.6 Å². The van der Waals surface area contributed by atoms with Gasteiger partial charge in [-0.3, -0.25) is 0 Å². The third kappa shape index (κ3) is 3.81. The molecule has 0 fully saturated rings. The van der Waals surface area contributed by atoms with Crippen molar-refractivity contribution >= 4 is 39.1 Å². The first-order valence-corrected chi connectivity index (χ1v) is 7.81. The normalized spacial score (nSPS) is 10.4. The number of alkyl halides is 1. The van der Waals surface area contributed by atoms with Gasteiger partial charge < -0.3 is 9.47 Å². The first-order valence-electron chi connectivity index (χ1n) is 5.93. The van der Waals surface area contributed by atoms with E-state index in [4.69, 9.17) is 32.7 Å². The van der Waals surface area contributed by atoms with E-state index >= 15 is 0 Å². The summed E-state index contributed by atoms with van der Waals surface area (Å²) >= 11 is 15.4. The molecule has 2 aromatic rings. The average molecular weight is 376 g/mol. The number of hydrogen-bond donors (Lipinski definition) is 0. The maximum absolute atomic E-state index is 6.13. The summed E-state index contributed by atoms with van der Waals surface area (Å²) < 4.78 is 11.0. The molecule has 0 aliphatic heterocycles. The second-order valence-corrected chi connectivity index (χ2v) is 5.54. The molecule has 0 heterocycles. The van der Waals surface area contributed by atoms with Gasteiger partial charge in [-0.15, -0.1) is 0 Å². The van der Waals surface area contributed by atoms with E-state index in [9.17, 15) is 0 Å². The van der Waals surface area contributed by atoms with Gasteiger partial charge in [0.15, 0.2) is 0 Å². The summed E-state index contributed by atoms with van der Waals surface area (Å²) in [7, 11) is 1.63. The Balaban J connectivity index is 2.17. The summed E-state index contributed by atoms with van der Waals surface area (Å²) in [5, 5.41) is 1.92. The largest absolute Gasteiger partial charge is 0.497 e. The zero-order valence-corrected chi connectivity index (χ0v) is 13.9. The van der Waals surface area contributed by atoms with Crippen molar-refractivity contribution < 1.29 is 9.47 Å². The standard InChI is InChI=1S/C15H13BrCl2O2/c1-19-13-5-3-10(8-16)15(7-13)20-9-11-2-4-12(17)6-14(11)18/h2-7H,8-9H2,1H3. The highest BCUT2D eigenvalue weighted by molar-refractivity contribution is 9.08. The molecule has 20 heavy (non-hydrogen) atoms. The van der Waals surface area contributed by atoms with Crippen molar-refractivity contribution in [3.63, 3.8) is 0 Å². The van der Waals surface area contributed by atoms with E-state index in [1.54, 1.807) is 19.2 Å². The molecule has 0 saturated carbocycles. The van der Waals surface area contributed by atoms with Gasteiger partial charge in [-0.25, -0.2) is 0 Å². The molecule has 5 heteroatoms. The van der Waals surface area contributed by atoms with Crippen LogP contribution in [0.25, 0.3) is 0 Å². The maximum Gasteiger partial charge on any atom is 0.127 e. The highest BCUT2D eigenvalue weighted by atomic mass is 79.9. The fourth-order valence-electron chi connectivity index (χ4n) is 1.70. The van der Waals surface area contributed by atoms with Crippen molar-refractivity contribution in [2.45, 2.75) is 11.9 Å². The Morgan fingerprint density at radius 1 is 1.05 bits per heavy atom. The highest BCUT2D eigenvalue weighted by Gasteiger charge is 2.07. The summed E-state index contributed by atoms with van der Waals surface area (Å²) in [4.78, 5) is 0. The highest BCUT2D eigenvalue weighted by Crippen LogP contribution is 2.28. The van der Waals surface area contributed by atoms with Crippen LogP contribution in [0.15, 0.2) is 36.4 Å². The zero-order chi connectivity index (χ0) is 14.5. The number of rotatable bonds is 5. The van der Waals surface area contributed by atoms with Gasteiger partial charge in [0.2, 0.25) is 0 Å². The molecule has 0 spiro atoms. The average Bonchev–Trinajstić information content (AvgIpc) is 2.46. The van der Waals surface area contributed by atoms with Crippen molar-refractivity contribution in [1.82, 2.24) is 0 Å². The number of benzene rings is 2. The molecule has 0 unspecified atom stereocenters. The fourth-order valence-corrected chi connectivity index (χ4v) is 2.63. The first kappa shape index (κ1) is 15.5. The molecule has 0 amide bonds. The summed E-state index contributed by atoms with van der Waals surface area (Å²) in [5.74, 6) is 1.53. The number of halogens is 3. The van der Waals surface area contributed by atoms with E-state index < -0.39 is 0 Å². The van der Waals surface area contributed by atoms with Crippen molar-refractivity contribution in [3.05, 3.63) is 57.6 Å². The Hall–Kier alpha value is -0.900. The Bertz CT molecular complexity index is 602. The molecule has 0 N–H and O–H groups in total. The van der Waals surface area contributed by atoms with Gasteiger partial charge in [-0.2, -0.15) is 0 Å². The lowest BCUT2D eigenvalue weighted by molar-refractivity contribution is 0.301. The van der Waals surface area contributed by atoms with Crippen molar-refractivity contribution in [2.24, 2.45) is 0 Å². The van der Waals surface area contributed by atoms with Gasteiger partial charge >= 0.3 is 0 Å². The van der Waals surface area contributed by atoms with Gasteiger partial charge in [-0.1, -0.05) is 51.3 Å². The smallest absolute Gasteiger partial charge is 0.127 e. The molecule has 0 aliphatic carbocycles. The topological polar surface area (TPSA) is 18.5 Å². The lowest BCUT2D eigenvalue weighted by Gasteiger charge is -2.12. The van der Waals surface area contributed by atoms with Crippen LogP contribution in [0.1, 0.15) is 11.1 Å². The molecule has 2 nitrogen and oxygen atoms in total. The lowest BCUT2D eigenvalue weighted by Crippen LogP contribution is -1.99. The van der Waals surface area contributed by atoms with Crippen LogP contribution in [0.2, 0.25) is 10.0 Å². The van der Waals surface area contributed by atoms with Crippen molar-refractivity contribution in [2.75, 3.05) is 7.11 Å². The number of hydrogen-bond acceptors (Lipinski definition) is 2. The van der Waals surface area contributed by atoms with Crippen LogP contribution in [0, 0.1) is 0 Å². The van der Waals surface area contributed by atoms with E-state index in [2.05, 4.69) is 15.9 Å². The van der Waals surface area contributed by atoms with E-state index in [-0.39, 0.29) is 0 Å². The van der Waals surface area contributed by atoms with E-state index in [1.807, 2.05) is 24.3 Å². The van der Waals surface area contributed by atoms with Crippen LogP contribution in [0.5, 0.6) is 11.5 Å². The molecule has 0 atom stereocenters. The number of methoxy groups -OCH3 is 1. The maximum atomic E-state index is 6.13. The van der Waals surface area contributed by atoms with E-state index in [0.717, 1.165) is 22.6 Å². The summed E-state index contributed by atoms with van der Waals surface area (Å²) in [6.45, 7) is 0.378. The van der Waals surface area contributed by atoms with Crippen LogP contribution in [-0.4, -0.2) is 7.11 Å². The zero-order valence-electron chi connectivity index (χ0n) is 10.8. The Morgan fingerprint density at radius 3 is 2.45 bits per heavy atom. The third-order valence-electron chi connectivity index (χ3n) is 2.82. The molecule has 0 saturated heterocycles. The molecule has 2 rings (SSSR count). The molecule has 2 aromatic carbocycles. The van der Waals surface area contributed by atoms with Crippen molar-refractivity contribution in [1.29, 1.82) is 0 Å². The minimum Gasteiger partial charge on any atom is -0.497 e. The fraction of sp³-hybridized carbons (Fsp3) is 0.200. The van der Waals surface area contributed by atoms with Crippen LogP contribution in [-0.2, 0) is 11.9 Å². The quantitative estimate of drug-likeness (QED) is 0.644. The predicted molar refractivity (Wildman–Crippen MR) is 86.4 cm³/mol. The summed E-state index contributed by atoms with van der Waals surface area (Å²) in [6, 6.07) is 11.1. The predicted octanol–water partition coefficient (Wildman–Crippen LogP) is 5.48. The summed E-state index contributed by atoms with van der Waals surface area (Å²) in [5.41, 5.74) is 1.94. The number of ether oxygens (including phenoxy) is 2. The minimum absolute atomic E-state index is 0.378. The lowest BCUT2D eigenvalue weighted by atomic mass is 10.2. The van der Waals surface area contributed by atoms with Gasteiger partial charge in [0.1, 0.15) is 18.1 Å². The molecule has 106 valence electrons. The molecule has 0 bridgehead atoms. The summed E-state index contributed by atoms with van der Waals surface area (Å²) in [6.07, 6.45) is 0. The molecule has 0 aliphatic rings. The molecular formula is C15H13BrCl2O2. The van der Waals surface area contributed by atoms with E-state index in [0.29, 0.717) is 22.0 Å². The SMILES string of the molecule is COc1ccc(CBr)c(OCc2ccc(Cl)cc2Cl)c1. The Morgan fingerprint density at radius 2 is 1.80 bits per heavy atom. The van der Waals surface area contributed by atoms with Gasteiger partial charge in [0.25, 0.3) is 0 Å². The van der Waals surface area contributed by atoms with Crippen molar-refractivity contribution in [3.8, 4) is 11.5 Å². The van der Waals surface area contributed by atoms with Gasteiger partial charge in [0.05, 0.1) is 7.11 Å². The third-order valence-corrected chi connectivity index (χ3v) is 4.01. The second kappa shape index (κ2) is 7.21. The second-order valence-electron chi connectivity index (χ2n) is 4.13.